The van der Waals surface area contributed by atoms with Gasteiger partial charge in [0, 0.05) is 42.8 Å². The summed E-state index contributed by atoms with van der Waals surface area (Å²) >= 11 is 0. The van der Waals surface area contributed by atoms with E-state index in [1.54, 1.807) is 45.8 Å². The minimum Gasteiger partial charge on any atom is -0.399 e. The van der Waals surface area contributed by atoms with Crippen LogP contribution in [0.2, 0.25) is 0 Å². The van der Waals surface area contributed by atoms with Crippen molar-refractivity contribution in [3.63, 3.8) is 0 Å². The third kappa shape index (κ3) is 3.75. The van der Waals surface area contributed by atoms with Gasteiger partial charge in [0.05, 0.1) is 0 Å². The molecule has 0 atom stereocenters. The van der Waals surface area contributed by atoms with E-state index >= 15 is 0 Å². The molecule has 0 saturated heterocycles. The number of amides is 1. The molecule has 0 radical (unpaired) electrons. The number of nitrogens with one attached hydrogen (secondary N) is 1. The molecule has 2 rings (SSSR count). The molecular formula is C15H20N4O2. The summed E-state index contributed by atoms with van der Waals surface area (Å²) in [6.07, 6.45) is 3.68. The predicted molar refractivity (Wildman–Crippen MR) is 83.2 cm³/mol. The zero-order valence-electron chi connectivity index (χ0n) is 12.2. The monoisotopic (exact) mass is 288 g/mol. The summed E-state index contributed by atoms with van der Waals surface area (Å²) in [7, 11) is 0. The summed E-state index contributed by atoms with van der Waals surface area (Å²) in [6.45, 7) is 4.24. The van der Waals surface area contributed by atoms with Gasteiger partial charge in [-0.3, -0.25) is 13.9 Å². The number of nitrogens with two attached hydrogens (primary N) is 1. The van der Waals surface area contributed by atoms with E-state index in [4.69, 9.17) is 5.73 Å². The molecule has 0 unspecified atom stereocenters. The first kappa shape index (κ1) is 14.9. The van der Waals surface area contributed by atoms with E-state index in [9.17, 15) is 9.59 Å². The van der Waals surface area contributed by atoms with Crippen molar-refractivity contribution in [1.29, 1.82) is 0 Å². The molecule has 112 valence electrons. The maximum absolute atomic E-state index is 12.0. The zero-order chi connectivity index (χ0) is 15.4. The van der Waals surface area contributed by atoms with E-state index < -0.39 is 0 Å². The number of nitrogens with zero attached hydrogens (tertiary/aromatic N) is 2. The van der Waals surface area contributed by atoms with Crippen LogP contribution >= 0.6 is 0 Å². The molecular weight excluding hydrogens is 268 g/mol. The van der Waals surface area contributed by atoms with E-state index in [0.29, 0.717) is 17.9 Å². The third-order valence-electron chi connectivity index (χ3n) is 3.18. The number of imidazole rings is 1. The molecule has 1 heterocycles. The van der Waals surface area contributed by atoms with Crippen LogP contribution in [0.15, 0.2) is 41.5 Å². The summed E-state index contributed by atoms with van der Waals surface area (Å²) in [5, 5.41) is 2.76. The quantitative estimate of drug-likeness (QED) is 0.824. The fourth-order valence-corrected chi connectivity index (χ4v) is 2.05. The molecule has 1 aromatic heterocycles. The SMILES string of the molecule is CC(C)n1ccn(CCC(=O)Nc2cccc(N)c2)c1=O. The van der Waals surface area contributed by atoms with Crippen molar-refractivity contribution in [1.82, 2.24) is 9.13 Å². The maximum atomic E-state index is 12.0. The Morgan fingerprint density at radius 1 is 1.33 bits per heavy atom. The second kappa shape index (κ2) is 6.30. The van der Waals surface area contributed by atoms with Crippen LogP contribution in [0.5, 0.6) is 0 Å². The van der Waals surface area contributed by atoms with Gasteiger partial charge in [0.1, 0.15) is 0 Å². The van der Waals surface area contributed by atoms with Gasteiger partial charge in [-0.05, 0) is 32.0 Å². The Morgan fingerprint density at radius 2 is 2.10 bits per heavy atom. The lowest BCUT2D eigenvalue weighted by Gasteiger charge is -2.07. The Bertz CT molecular complexity index is 685. The van der Waals surface area contributed by atoms with Crippen LogP contribution in [0.1, 0.15) is 26.3 Å². The largest absolute Gasteiger partial charge is 0.399 e. The van der Waals surface area contributed by atoms with Crippen LogP contribution in [-0.4, -0.2) is 15.0 Å². The van der Waals surface area contributed by atoms with E-state index in [1.807, 2.05) is 13.8 Å². The first-order chi connectivity index (χ1) is 9.97. The highest BCUT2D eigenvalue weighted by atomic mass is 16.2. The van der Waals surface area contributed by atoms with Crippen LogP contribution in [-0.2, 0) is 11.3 Å². The molecule has 0 aliphatic heterocycles. The van der Waals surface area contributed by atoms with Gasteiger partial charge < -0.3 is 11.1 Å². The van der Waals surface area contributed by atoms with Crippen LogP contribution in [0.4, 0.5) is 11.4 Å². The predicted octanol–water partition coefficient (Wildman–Crippen LogP) is 1.84. The number of nitrogen functional groups attached to an aromatic ring is 1. The molecule has 0 saturated carbocycles. The fraction of sp³-hybridized carbons (Fsp3) is 0.333. The van der Waals surface area contributed by atoms with Crippen molar-refractivity contribution in [2.24, 2.45) is 0 Å². The van der Waals surface area contributed by atoms with Crippen molar-refractivity contribution in [2.75, 3.05) is 11.1 Å². The standard InChI is InChI=1S/C15H20N4O2/c1-11(2)19-9-8-18(15(19)21)7-6-14(20)17-13-5-3-4-12(16)10-13/h3-5,8-11H,6-7,16H2,1-2H3,(H,17,20). The number of aromatic nitrogens is 2. The smallest absolute Gasteiger partial charge is 0.328 e. The average Bonchev–Trinajstić information content (AvgIpc) is 2.78. The normalized spacial score (nSPS) is 10.8. The van der Waals surface area contributed by atoms with E-state index in [2.05, 4.69) is 5.32 Å². The molecule has 1 aromatic carbocycles. The Hall–Kier alpha value is -2.50. The first-order valence-corrected chi connectivity index (χ1v) is 6.90. The van der Waals surface area contributed by atoms with Crippen molar-refractivity contribution in [3.05, 3.63) is 47.1 Å². The molecule has 0 spiro atoms. The first-order valence-electron chi connectivity index (χ1n) is 6.90. The molecule has 3 N–H and O–H groups in total. The van der Waals surface area contributed by atoms with Crippen LogP contribution in [0, 0.1) is 0 Å². The van der Waals surface area contributed by atoms with Gasteiger partial charge in [0.2, 0.25) is 5.91 Å². The lowest BCUT2D eigenvalue weighted by atomic mass is 10.2. The maximum Gasteiger partial charge on any atom is 0.328 e. The van der Waals surface area contributed by atoms with Gasteiger partial charge in [-0.1, -0.05) is 6.07 Å². The molecule has 0 bridgehead atoms. The van der Waals surface area contributed by atoms with Gasteiger partial charge in [-0.25, -0.2) is 4.79 Å². The van der Waals surface area contributed by atoms with E-state index in [1.165, 1.54) is 0 Å². The Kier molecular flexibility index (Phi) is 4.47. The van der Waals surface area contributed by atoms with Crippen molar-refractivity contribution < 1.29 is 4.79 Å². The number of hydrogen-bond acceptors (Lipinski definition) is 3. The Morgan fingerprint density at radius 3 is 2.71 bits per heavy atom. The molecule has 21 heavy (non-hydrogen) atoms. The molecule has 2 aromatic rings. The number of aryl methyl sites for hydroxylation is 1. The Labute approximate surface area is 123 Å². The van der Waals surface area contributed by atoms with Gasteiger partial charge in [-0.15, -0.1) is 0 Å². The summed E-state index contributed by atoms with van der Waals surface area (Å²) in [4.78, 5) is 23.9. The molecule has 1 amide bonds. The topological polar surface area (TPSA) is 82.1 Å². The average molecular weight is 288 g/mol. The van der Waals surface area contributed by atoms with Crippen molar-refractivity contribution in [2.45, 2.75) is 32.9 Å². The molecule has 0 aliphatic rings. The number of hydrogen-bond donors (Lipinski definition) is 2. The third-order valence-corrected chi connectivity index (χ3v) is 3.18. The van der Waals surface area contributed by atoms with Crippen LogP contribution in [0.25, 0.3) is 0 Å². The number of anilines is 2. The highest BCUT2D eigenvalue weighted by molar-refractivity contribution is 5.91. The van der Waals surface area contributed by atoms with Crippen LogP contribution < -0.4 is 16.7 Å². The molecule has 6 nitrogen and oxygen atoms in total. The minimum absolute atomic E-state index is 0.0956. The summed E-state index contributed by atoms with van der Waals surface area (Å²) in [5.41, 5.74) is 6.81. The van der Waals surface area contributed by atoms with Gasteiger partial charge in [-0.2, -0.15) is 0 Å². The summed E-state index contributed by atoms with van der Waals surface area (Å²) in [5.74, 6) is -0.148. The second-order valence-electron chi connectivity index (χ2n) is 5.20. The molecule has 6 heteroatoms. The lowest BCUT2D eigenvalue weighted by Crippen LogP contribution is -2.26. The molecule has 0 aliphatic carbocycles. The number of rotatable bonds is 5. The Balaban J connectivity index is 1.94. The highest BCUT2D eigenvalue weighted by Crippen LogP contribution is 2.12. The van der Waals surface area contributed by atoms with Gasteiger partial charge >= 0.3 is 5.69 Å². The van der Waals surface area contributed by atoms with E-state index in [0.717, 1.165) is 0 Å². The lowest BCUT2D eigenvalue weighted by molar-refractivity contribution is -0.116. The number of benzene rings is 1. The van der Waals surface area contributed by atoms with E-state index in [-0.39, 0.29) is 24.1 Å². The number of carbonyl (C=O) groups excluding carboxylic acids is 1. The molecule has 0 fully saturated rings. The zero-order valence-corrected chi connectivity index (χ0v) is 12.2. The van der Waals surface area contributed by atoms with Crippen LogP contribution in [0.3, 0.4) is 0 Å². The van der Waals surface area contributed by atoms with Crippen molar-refractivity contribution >= 4 is 17.3 Å². The minimum atomic E-state index is -0.148. The summed E-state index contributed by atoms with van der Waals surface area (Å²) in [6, 6.07) is 7.11. The highest BCUT2D eigenvalue weighted by Gasteiger charge is 2.08. The summed E-state index contributed by atoms with van der Waals surface area (Å²) < 4.78 is 3.18. The fourth-order valence-electron chi connectivity index (χ4n) is 2.05. The number of carbonyl (C=O) groups is 1. The van der Waals surface area contributed by atoms with Gasteiger partial charge in [0.15, 0.2) is 0 Å². The van der Waals surface area contributed by atoms with Crippen molar-refractivity contribution in [3.8, 4) is 0 Å². The van der Waals surface area contributed by atoms with Gasteiger partial charge in [0.25, 0.3) is 0 Å². The second-order valence-corrected chi connectivity index (χ2v) is 5.20.